The van der Waals surface area contributed by atoms with Gasteiger partial charge in [-0.3, -0.25) is 0 Å². The van der Waals surface area contributed by atoms with Crippen molar-refractivity contribution in [2.75, 3.05) is 0 Å². The van der Waals surface area contributed by atoms with Crippen molar-refractivity contribution >= 4 is 0 Å². The van der Waals surface area contributed by atoms with E-state index in [1.807, 2.05) is 36.5 Å². The molecule has 0 aliphatic heterocycles. The van der Waals surface area contributed by atoms with Gasteiger partial charge in [-0.2, -0.15) is 5.26 Å². The maximum Gasteiger partial charge on any atom is 0.103 e. The minimum atomic E-state index is -0.382. The van der Waals surface area contributed by atoms with Crippen molar-refractivity contribution in [1.29, 1.82) is 5.26 Å². The number of hydrogen-bond donors (Lipinski definition) is 0. The zero-order valence-electron chi connectivity index (χ0n) is 9.37. The monoisotopic (exact) mass is 224 g/mol. The van der Waals surface area contributed by atoms with E-state index < -0.39 is 0 Å². The van der Waals surface area contributed by atoms with Crippen LogP contribution in [0.3, 0.4) is 0 Å². The Morgan fingerprint density at radius 3 is 2.59 bits per heavy atom. The van der Waals surface area contributed by atoms with E-state index in [-0.39, 0.29) is 5.41 Å². The smallest absolute Gasteiger partial charge is 0.103 e. The molecule has 1 aromatic heterocycles. The molecular formula is C13H12N4. The summed E-state index contributed by atoms with van der Waals surface area (Å²) in [4.78, 5) is 0. The Hall–Kier alpha value is -2.15. The third-order valence-electron chi connectivity index (χ3n) is 3.43. The molecular weight excluding hydrogens is 212 g/mol. The number of hydrogen-bond acceptors (Lipinski definition) is 3. The molecule has 1 fully saturated rings. The van der Waals surface area contributed by atoms with E-state index in [9.17, 15) is 5.26 Å². The number of aromatic nitrogens is 3. The highest BCUT2D eigenvalue weighted by Crippen LogP contribution is 2.42. The van der Waals surface area contributed by atoms with E-state index in [0.717, 1.165) is 30.6 Å². The molecule has 0 amide bonds. The standard InChI is InChI=1S/C13H12N4/c14-10-13(7-4-8-13)12-9-17(16-15-12)11-5-2-1-3-6-11/h1-3,5-6,9H,4,7-8H2. The first-order valence-corrected chi connectivity index (χ1v) is 5.74. The quantitative estimate of drug-likeness (QED) is 0.785. The van der Waals surface area contributed by atoms with Gasteiger partial charge in [0.25, 0.3) is 0 Å². The summed E-state index contributed by atoms with van der Waals surface area (Å²) in [6.45, 7) is 0. The van der Waals surface area contributed by atoms with Crippen LogP contribution in [0.5, 0.6) is 0 Å². The third-order valence-corrected chi connectivity index (χ3v) is 3.43. The summed E-state index contributed by atoms with van der Waals surface area (Å²) in [6.07, 6.45) is 4.78. The molecule has 0 radical (unpaired) electrons. The minimum Gasteiger partial charge on any atom is -0.220 e. The van der Waals surface area contributed by atoms with E-state index >= 15 is 0 Å². The molecule has 17 heavy (non-hydrogen) atoms. The zero-order chi connectivity index (χ0) is 11.7. The fraction of sp³-hybridized carbons (Fsp3) is 0.308. The Labute approximate surface area is 99.5 Å². The summed E-state index contributed by atoms with van der Waals surface area (Å²) in [5, 5.41) is 17.5. The van der Waals surface area contributed by atoms with Gasteiger partial charge >= 0.3 is 0 Å². The van der Waals surface area contributed by atoms with Gasteiger partial charge in [0, 0.05) is 0 Å². The Kier molecular flexibility index (Phi) is 2.19. The number of rotatable bonds is 2. The molecule has 84 valence electrons. The van der Waals surface area contributed by atoms with Gasteiger partial charge in [0.2, 0.25) is 0 Å². The van der Waals surface area contributed by atoms with Gasteiger partial charge < -0.3 is 0 Å². The lowest BCUT2D eigenvalue weighted by Crippen LogP contribution is -2.32. The van der Waals surface area contributed by atoms with E-state index in [4.69, 9.17) is 0 Å². The Balaban J connectivity index is 1.97. The third kappa shape index (κ3) is 1.51. The van der Waals surface area contributed by atoms with Crippen molar-refractivity contribution in [1.82, 2.24) is 15.0 Å². The summed E-state index contributed by atoms with van der Waals surface area (Å²) in [5.41, 5.74) is 1.39. The molecule has 1 aromatic carbocycles. The molecule has 0 saturated heterocycles. The molecule has 1 saturated carbocycles. The van der Waals surface area contributed by atoms with Crippen LogP contribution in [0.1, 0.15) is 25.0 Å². The highest BCUT2D eigenvalue weighted by molar-refractivity contribution is 5.33. The maximum absolute atomic E-state index is 9.24. The van der Waals surface area contributed by atoms with Gasteiger partial charge in [-0.15, -0.1) is 5.10 Å². The highest BCUT2D eigenvalue weighted by Gasteiger charge is 2.41. The zero-order valence-corrected chi connectivity index (χ0v) is 9.37. The molecule has 0 bridgehead atoms. The van der Waals surface area contributed by atoms with Gasteiger partial charge in [0.05, 0.1) is 18.0 Å². The Bertz CT molecular complexity index is 561. The number of benzene rings is 1. The summed E-state index contributed by atoms with van der Waals surface area (Å²) in [7, 11) is 0. The molecule has 3 rings (SSSR count). The fourth-order valence-corrected chi connectivity index (χ4v) is 2.15. The largest absolute Gasteiger partial charge is 0.220 e. The molecule has 1 aliphatic rings. The van der Waals surface area contributed by atoms with Gasteiger partial charge in [-0.25, -0.2) is 4.68 Å². The molecule has 4 nitrogen and oxygen atoms in total. The van der Waals surface area contributed by atoms with Crippen molar-refractivity contribution in [2.45, 2.75) is 24.7 Å². The van der Waals surface area contributed by atoms with Crippen LogP contribution in [-0.4, -0.2) is 15.0 Å². The first-order valence-electron chi connectivity index (χ1n) is 5.74. The molecule has 0 atom stereocenters. The maximum atomic E-state index is 9.24. The molecule has 0 unspecified atom stereocenters. The second-order valence-corrected chi connectivity index (χ2v) is 4.43. The van der Waals surface area contributed by atoms with Crippen LogP contribution in [0.15, 0.2) is 36.5 Å². The van der Waals surface area contributed by atoms with Crippen molar-refractivity contribution < 1.29 is 0 Å². The Morgan fingerprint density at radius 1 is 1.24 bits per heavy atom. The van der Waals surface area contributed by atoms with Gasteiger partial charge in [-0.05, 0) is 31.4 Å². The normalized spacial score (nSPS) is 17.1. The van der Waals surface area contributed by atoms with Gasteiger partial charge in [0.15, 0.2) is 0 Å². The molecule has 1 aliphatic carbocycles. The summed E-state index contributed by atoms with van der Waals surface area (Å²) < 4.78 is 1.73. The van der Waals surface area contributed by atoms with Crippen molar-refractivity contribution in [3.63, 3.8) is 0 Å². The van der Waals surface area contributed by atoms with Gasteiger partial charge in [0.1, 0.15) is 11.1 Å². The first-order chi connectivity index (χ1) is 8.34. The van der Waals surface area contributed by atoms with Crippen LogP contribution in [0.4, 0.5) is 0 Å². The van der Waals surface area contributed by atoms with E-state index in [0.29, 0.717) is 0 Å². The number of para-hydroxylation sites is 1. The van der Waals surface area contributed by atoms with E-state index in [1.54, 1.807) is 4.68 Å². The van der Waals surface area contributed by atoms with Crippen LogP contribution in [0.25, 0.3) is 5.69 Å². The summed E-state index contributed by atoms with van der Waals surface area (Å²) in [6, 6.07) is 12.2. The highest BCUT2D eigenvalue weighted by atomic mass is 15.4. The van der Waals surface area contributed by atoms with E-state index in [1.165, 1.54) is 0 Å². The van der Waals surface area contributed by atoms with Crippen LogP contribution in [-0.2, 0) is 5.41 Å². The SMILES string of the molecule is N#CC1(c2cn(-c3ccccc3)nn2)CCC1. The second kappa shape index (κ2) is 3.70. The lowest BCUT2D eigenvalue weighted by molar-refractivity contribution is 0.315. The molecule has 1 heterocycles. The van der Waals surface area contributed by atoms with Crippen LogP contribution < -0.4 is 0 Å². The van der Waals surface area contributed by atoms with Crippen LogP contribution >= 0.6 is 0 Å². The van der Waals surface area contributed by atoms with Gasteiger partial charge in [-0.1, -0.05) is 23.4 Å². The second-order valence-electron chi connectivity index (χ2n) is 4.43. The van der Waals surface area contributed by atoms with Crippen molar-refractivity contribution in [2.24, 2.45) is 0 Å². The lowest BCUT2D eigenvalue weighted by atomic mass is 9.68. The topological polar surface area (TPSA) is 54.5 Å². The number of nitriles is 1. The van der Waals surface area contributed by atoms with E-state index in [2.05, 4.69) is 16.4 Å². The van der Waals surface area contributed by atoms with Crippen molar-refractivity contribution in [3.05, 3.63) is 42.2 Å². The summed E-state index contributed by atoms with van der Waals surface area (Å²) >= 11 is 0. The van der Waals surface area contributed by atoms with Crippen molar-refractivity contribution in [3.8, 4) is 11.8 Å². The average Bonchev–Trinajstić information content (AvgIpc) is 2.80. The predicted molar refractivity (Wildman–Crippen MR) is 62.5 cm³/mol. The minimum absolute atomic E-state index is 0.382. The molecule has 0 N–H and O–H groups in total. The average molecular weight is 224 g/mol. The predicted octanol–water partition coefficient (Wildman–Crippen LogP) is 2.21. The van der Waals surface area contributed by atoms with Crippen LogP contribution in [0, 0.1) is 11.3 Å². The molecule has 4 heteroatoms. The number of nitrogens with zero attached hydrogens (tertiary/aromatic N) is 4. The first kappa shape index (κ1) is 10.0. The lowest BCUT2D eigenvalue weighted by Gasteiger charge is -2.32. The summed E-state index contributed by atoms with van der Waals surface area (Å²) in [5.74, 6) is 0. The molecule has 2 aromatic rings. The van der Waals surface area contributed by atoms with Crippen LogP contribution in [0.2, 0.25) is 0 Å². The fourth-order valence-electron chi connectivity index (χ4n) is 2.15. The Morgan fingerprint density at radius 2 is 2.00 bits per heavy atom. The molecule has 0 spiro atoms.